The summed E-state index contributed by atoms with van der Waals surface area (Å²) < 4.78 is 13.5. The van der Waals surface area contributed by atoms with Gasteiger partial charge in [0.15, 0.2) is 11.5 Å². The summed E-state index contributed by atoms with van der Waals surface area (Å²) in [4.78, 5) is 22.5. The first-order chi connectivity index (χ1) is 15.9. The van der Waals surface area contributed by atoms with Gasteiger partial charge in [-0.1, -0.05) is 35.5 Å². The van der Waals surface area contributed by atoms with Crippen LogP contribution in [0.15, 0.2) is 78.5 Å². The number of hydrogen-bond acceptors (Lipinski definition) is 6. The Balaban J connectivity index is 1.48. The van der Waals surface area contributed by atoms with E-state index in [9.17, 15) is 4.79 Å². The largest absolute Gasteiger partial charge is 0.449 e. The predicted molar refractivity (Wildman–Crippen MR) is 125 cm³/mol. The molecule has 0 amide bonds. The van der Waals surface area contributed by atoms with Crippen LogP contribution in [-0.2, 0) is 11.4 Å². The van der Waals surface area contributed by atoms with E-state index in [1.54, 1.807) is 18.6 Å². The highest BCUT2D eigenvalue weighted by molar-refractivity contribution is 6.06. The third-order valence-corrected chi connectivity index (χ3v) is 5.48. The minimum atomic E-state index is -0.735. The van der Waals surface area contributed by atoms with Crippen molar-refractivity contribution in [3.05, 3.63) is 90.0 Å². The molecule has 0 fully saturated rings. The molecule has 0 N–H and O–H groups in total. The Kier molecular flexibility index (Phi) is 5.09. The molecule has 166 valence electrons. The van der Waals surface area contributed by atoms with Crippen molar-refractivity contribution < 1.29 is 19.1 Å². The Morgan fingerprint density at radius 2 is 1.85 bits per heavy atom. The summed E-state index contributed by atoms with van der Waals surface area (Å²) in [5.74, 6) is 0.0263. The van der Waals surface area contributed by atoms with E-state index in [0.29, 0.717) is 29.3 Å². The summed E-state index contributed by atoms with van der Waals surface area (Å²) in [6.45, 7) is 6.08. The van der Waals surface area contributed by atoms with Crippen LogP contribution in [0.1, 0.15) is 35.3 Å². The average molecular weight is 441 g/mol. The van der Waals surface area contributed by atoms with Gasteiger partial charge in [-0.25, -0.2) is 9.78 Å². The van der Waals surface area contributed by atoms with Gasteiger partial charge in [0.1, 0.15) is 5.71 Å². The molecule has 0 atom stereocenters. The molecule has 0 aliphatic carbocycles. The fourth-order valence-electron chi connectivity index (χ4n) is 3.90. The SMILES string of the molecule is Cc1ccc(C(=O)O/N=C(\Cn2ccnc2)c2ccc3c(c2)OC(C)(C)O3)c2ccccc12. The quantitative estimate of drug-likeness (QED) is 0.244. The highest BCUT2D eigenvalue weighted by Crippen LogP contribution is 2.39. The molecule has 2 heterocycles. The zero-order chi connectivity index (χ0) is 23.0. The van der Waals surface area contributed by atoms with Gasteiger partial charge in [-0.15, -0.1) is 0 Å². The zero-order valence-corrected chi connectivity index (χ0v) is 18.6. The second kappa shape index (κ2) is 8.09. The molecule has 0 spiro atoms. The van der Waals surface area contributed by atoms with Crippen LogP contribution < -0.4 is 9.47 Å². The summed E-state index contributed by atoms with van der Waals surface area (Å²) in [6, 6.07) is 17.0. The van der Waals surface area contributed by atoms with Gasteiger partial charge in [0.2, 0.25) is 5.79 Å². The molecule has 3 aromatic carbocycles. The molecule has 5 rings (SSSR count). The Hall–Kier alpha value is -4.13. The van der Waals surface area contributed by atoms with Gasteiger partial charge in [-0.2, -0.15) is 0 Å². The lowest BCUT2D eigenvalue weighted by Crippen LogP contribution is -2.29. The summed E-state index contributed by atoms with van der Waals surface area (Å²) in [6.07, 6.45) is 5.19. The van der Waals surface area contributed by atoms with Gasteiger partial charge < -0.3 is 18.9 Å². The van der Waals surface area contributed by atoms with E-state index in [2.05, 4.69) is 10.1 Å². The Morgan fingerprint density at radius 3 is 2.64 bits per heavy atom. The lowest BCUT2D eigenvalue weighted by atomic mass is 10.0. The number of carbonyl (C=O) groups excluding carboxylic acids is 1. The number of benzene rings is 3. The van der Waals surface area contributed by atoms with Crippen molar-refractivity contribution in [1.82, 2.24) is 9.55 Å². The molecule has 4 aromatic rings. The van der Waals surface area contributed by atoms with Gasteiger partial charge in [0.05, 0.1) is 18.4 Å². The van der Waals surface area contributed by atoms with Gasteiger partial charge in [-0.3, -0.25) is 0 Å². The number of imidazole rings is 1. The second-order valence-corrected chi connectivity index (χ2v) is 8.39. The standard InChI is InChI=1S/C26H23N3O4/c1-17-8-10-21(20-7-5-4-6-19(17)20)25(30)33-28-22(15-29-13-12-27-16-29)18-9-11-23-24(14-18)32-26(2,3)31-23/h4-14,16H,15H2,1-3H3/b28-22+. The van der Waals surface area contributed by atoms with E-state index in [-0.39, 0.29) is 0 Å². The van der Waals surface area contributed by atoms with Crippen molar-refractivity contribution in [3.63, 3.8) is 0 Å². The predicted octanol–water partition coefficient (Wildman–Crippen LogP) is 5.11. The average Bonchev–Trinajstić information content (AvgIpc) is 3.42. The maximum atomic E-state index is 13.0. The molecule has 7 heteroatoms. The van der Waals surface area contributed by atoms with E-state index < -0.39 is 11.8 Å². The fraction of sp³-hybridized carbons (Fsp3) is 0.192. The molecule has 0 radical (unpaired) electrons. The minimum Gasteiger partial charge on any atom is -0.449 e. The van der Waals surface area contributed by atoms with Crippen molar-refractivity contribution in [2.45, 2.75) is 33.1 Å². The monoisotopic (exact) mass is 441 g/mol. The number of fused-ring (bicyclic) bond motifs is 2. The topological polar surface area (TPSA) is 74.9 Å². The summed E-state index contributed by atoms with van der Waals surface area (Å²) in [5.41, 5.74) is 2.86. The first-order valence-corrected chi connectivity index (χ1v) is 10.6. The number of aryl methyl sites for hydroxylation is 1. The van der Waals surface area contributed by atoms with Crippen molar-refractivity contribution in [3.8, 4) is 11.5 Å². The minimum absolute atomic E-state index is 0.366. The number of oxime groups is 1. The second-order valence-electron chi connectivity index (χ2n) is 8.39. The Morgan fingerprint density at radius 1 is 1.06 bits per heavy atom. The molecule has 1 aliphatic rings. The van der Waals surface area contributed by atoms with Crippen molar-refractivity contribution in [2.24, 2.45) is 5.16 Å². The summed E-state index contributed by atoms with van der Waals surface area (Å²) >= 11 is 0. The number of carbonyl (C=O) groups is 1. The molecule has 33 heavy (non-hydrogen) atoms. The van der Waals surface area contributed by atoms with Crippen molar-refractivity contribution in [1.29, 1.82) is 0 Å². The number of nitrogens with zero attached hydrogens (tertiary/aromatic N) is 3. The van der Waals surface area contributed by atoms with Crippen LogP contribution in [0.4, 0.5) is 0 Å². The van der Waals surface area contributed by atoms with Gasteiger partial charge in [0.25, 0.3) is 0 Å². The highest BCUT2D eigenvalue weighted by Gasteiger charge is 2.32. The lowest BCUT2D eigenvalue weighted by molar-refractivity contribution is -0.0431. The van der Waals surface area contributed by atoms with Gasteiger partial charge >= 0.3 is 5.97 Å². The number of rotatable bonds is 5. The molecular weight excluding hydrogens is 418 g/mol. The van der Waals surface area contributed by atoms with Crippen LogP contribution in [0, 0.1) is 6.92 Å². The number of aromatic nitrogens is 2. The molecule has 0 saturated carbocycles. The van der Waals surface area contributed by atoms with Crippen LogP contribution >= 0.6 is 0 Å². The Bertz CT molecular complexity index is 1370. The van der Waals surface area contributed by atoms with E-state index >= 15 is 0 Å². The van der Waals surface area contributed by atoms with E-state index in [1.165, 1.54) is 0 Å². The van der Waals surface area contributed by atoms with Crippen molar-refractivity contribution >= 4 is 22.5 Å². The van der Waals surface area contributed by atoms with E-state index in [1.807, 2.05) is 80.1 Å². The van der Waals surface area contributed by atoms with Crippen molar-refractivity contribution in [2.75, 3.05) is 0 Å². The number of ether oxygens (including phenoxy) is 2. The lowest BCUT2D eigenvalue weighted by Gasteiger charge is -2.16. The fourth-order valence-corrected chi connectivity index (χ4v) is 3.90. The molecular formula is C26H23N3O4. The molecule has 1 aromatic heterocycles. The smallest absolute Gasteiger partial charge is 0.366 e. The number of hydrogen-bond donors (Lipinski definition) is 0. The molecule has 0 bridgehead atoms. The van der Waals surface area contributed by atoms with Crippen LogP contribution in [-0.4, -0.2) is 27.0 Å². The molecule has 0 saturated heterocycles. The summed E-state index contributed by atoms with van der Waals surface area (Å²) in [7, 11) is 0. The van der Waals surface area contributed by atoms with Crippen LogP contribution in [0.25, 0.3) is 10.8 Å². The first-order valence-electron chi connectivity index (χ1n) is 10.6. The maximum Gasteiger partial charge on any atom is 0.366 e. The third kappa shape index (κ3) is 4.17. The van der Waals surface area contributed by atoms with Gasteiger partial charge in [0, 0.05) is 31.8 Å². The van der Waals surface area contributed by atoms with Gasteiger partial charge in [-0.05, 0) is 47.5 Å². The van der Waals surface area contributed by atoms with E-state index in [4.69, 9.17) is 14.3 Å². The van der Waals surface area contributed by atoms with Crippen LogP contribution in [0.5, 0.6) is 11.5 Å². The normalized spacial score (nSPS) is 14.5. The first kappa shape index (κ1) is 20.8. The maximum absolute atomic E-state index is 13.0. The summed E-state index contributed by atoms with van der Waals surface area (Å²) in [5, 5.41) is 6.10. The molecule has 0 unspecified atom stereocenters. The molecule has 7 nitrogen and oxygen atoms in total. The highest BCUT2D eigenvalue weighted by atomic mass is 16.7. The van der Waals surface area contributed by atoms with Crippen LogP contribution in [0.2, 0.25) is 0 Å². The Labute approximate surface area is 191 Å². The molecule has 1 aliphatic heterocycles. The van der Waals surface area contributed by atoms with E-state index in [0.717, 1.165) is 21.9 Å². The third-order valence-electron chi connectivity index (χ3n) is 5.48. The van der Waals surface area contributed by atoms with Crippen LogP contribution in [0.3, 0.4) is 0 Å². The zero-order valence-electron chi connectivity index (χ0n) is 18.6.